The molecule has 0 radical (unpaired) electrons. The second-order valence-corrected chi connectivity index (χ2v) is 9.63. The van der Waals surface area contributed by atoms with E-state index >= 15 is 0 Å². The molecule has 4 saturated carbocycles. The smallest absolute Gasteiger partial charge is 0.333 e. The number of carbonyl (C=O) groups excluding carboxylic acids is 1. The molecule has 2 atom stereocenters. The Hall–Kier alpha value is -0.870. The lowest BCUT2D eigenvalue weighted by atomic mass is 9.52. The van der Waals surface area contributed by atoms with Gasteiger partial charge in [0.05, 0.1) is 12.2 Å². The molecular weight excluding hydrogens is 316 g/mol. The van der Waals surface area contributed by atoms with Crippen LogP contribution in [0.2, 0.25) is 0 Å². The van der Waals surface area contributed by atoms with Crippen LogP contribution in [0.25, 0.3) is 0 Å². The Labute approximate surface area is 152 Å². The summed E-state index contributed by atoms with van der Waals surface area (Å²) in [6.07, 6.45) is 7.28. The predicted molar refractivity (Wildman–Crippen MR) is 97.0 cm³/mol. The first-order valence-corrected chi connectivity index (χ1v) is 9.77. The molecule has 0 saturated heterocycles. The van der Waals surface area contributed by atoms with Gasteiger partial charge in [0.1, 0.15) is 12.4 Å². The van der Waals surface area contributed by atoms with Crippen molar-refractivity contribution in [2.75, 3.05) is 13.4 Å². The topological polar surface area (TPSA) is 44.8 Å². The van der Waals surface area contributed by atoms with Gasteiger partial charge in [-0.25, -0.2) is 4.79 Å². The first-order valence-electron chi connectivity index (χ1n) is 9.77. The van der Waals surface area contributed by atoms with E-state index in [2.05, 4.69) is 27.4 Å². The quantitative estimate of drug-likeness (QED) is 0.277. The van der Waals surface area contributed by atoms with Crippen molar-refractivity contribution in [3.8, 4) is 0 Å². The Kier molecular flexibility index (Phi) is 5.06. The van der Waals surface area contributed by atoms with Crippen LogP contribution in [0.5, 0.6) is 0 Å². The van der Waals surface area contributed by atoms with Crippen LogP contribution in [0.15, 0.2) is 12.2 Å². The third-order valence-corrected chi connectivity index (χ3v) is 6.51. The Balaban J connectivity index is 1.62. The van der Waals surface area contributed by atoms with Crippen LogP contribution < -0.4 is 0 Å². The molecule has 142 valence electrons. The first kappa shape index (κ1) is 18.9. The van der Waals surface area contributed by atoms with E-state index in [4.69, 9.17) is 14.2 Å². The summed E-state index contributed by atoms with van der Waals surface area (Å²) in [5, 5.41) is 0. The Morgan fingerprint density at radius 3 is 2.32 bits per heavy atom. The Morgan fingerprint density at radius 2 is 1.76 bits per heavy atom. The average molecular weight is 350 g/mol. The van der Waals surface area contributed by atoms with Crippen molar-refractivity contribution in [1.29, 1.82) is 0 Å². The number of rotatable bonds is 8. The zero-order chi connectivity index (χ0) is 18.3. The summed E-state index contributed by atoms with van der Waals surface area (Å²) in [7, 11) is 0. The second-order valence-electron chi connectivity index (χ2n) is 9.63. The predicted octanol–water partition coefficient (Wildman–Crippen LogP) is 4.62. The lowest BCUT2D eigenvalue weighted by molar-refractivity contribution is -0.255. The monoisotopic (exact) mass is 350 g/mol. The minimum Gasteiger partial charge on any atom is -0.456 e. The fourth-order valence-corrected chi connectivity index (χ4v) is 5.25. The van der Waals surface area contributed by atoms with Gasteiger partial charge < -0.3 is 14.2 Å². The fourth-order valence-electron chi connectivity index (χ4n) is 5.25. The van der Waals surface area contributed by atoms with Crippen molar-refractivity contribution in [2.45, 2.75) is 83.8 Å². The van der Waals surface area contributed by atoms with Crippen molar-refractivity contribution in [3.05, 3.63) is 12.2 Å². The van der Waals surface area contributed by atoms with Gasteiger partial charge in [-0.3, -0.25) is 0 Å². The molecule has 4 fully saturated rings. The molecule has 4 heteroatoms. The molecule has 0 spiro atoms. The number of hydrogen-bond acceptors (Lipinski definition) is 4. The molecule has 0 aromatic rings. The summed E-state index contributed by atoms with van der Waals surface area (Å²) < 4.78 is 18.1. The molecule has 4 nitrogen and oxygen atoms in total. The average Bonchev–Trinajstić information content (AvgIpc) is 2.50. The highest BCUT2D eigenvalue weighted by Crippen LogP contribution is 2.60. The van der Waals surface area contributed by atoms with Crippen LogP contribution in [0, 0.1) is 17.3 Å². The molecule has 0 amide bonds. The third-order valence-electron chi connectivity index (χ3n) is 6.51. The molecule has 0 aromatic heterocycles. The Bertz CT molecular complexity index is 522. The van der Waals surface area contributed by atoms with Crippen LogP contribution in [-0.2, 0) is 19.0 Å². The highest BCUT2D eigenvalue weighted by molar-refractivity contribution is 5.87. The summed E-state index contributed by atoms with van der Waals surface area (Å²) in [5.41, 5.74) is 0.151. The van der Waals surface area contributed by atoms with Gasteiger partial charge in [0.15, 0.2) is 0 Å². The van der Waals surface area contributed by atoms with E-state index in [0.29, 0.717) is 30.8 Å². The van der Waals surface area contributed by atoms with E-state index in [-0.39, 0.29) is 22.6 Å². The van der Waals surface area contributed by atoms with E-state index in [1.807, 2.05) is 0 Å². The van der Waals surface area contributed by atoms with E-state index in [1.54, 1.807) is 6.92 Å². The zero-order valence-corrected chi connectivity index (χ0v) is 16.4. The SMILES string of the molecule is C=C(C)C(=O)OC12CC3CC(CC(OCOCC(C)(C)CC)(C3)C1)C2. The lowest BCUT2D eigenvalue weighted by Gasteiger charge is -2.60. The molecule has 4 aliphatic rings. The first-order chi connectivity index (χ1) is 11.7. The van der Waals surface area contributed by atoms with Crippen LogP contribution in [0.1, 0.15) is 72.6 Å². The third kappa shape index (κ3) is 4.11. The molecule has 0 heterocycles. The van der Waals surface area contributed by atoms with Crippen molar-refractivity contribution < 1.29 is 19.0 Å². The molecule has 25 heavy (non-hydrogen) atoms. The minimum atomic E-state index is -0.344. The van der Waals surface area contributed by atoms with Crippen molar-refractivity contribution in [2.24, 2.45) is 17.3 Å². The van der Waals surface area contributed by atoms with E-state index in [9.17, 15) is 4.79 Å². The van der Waals surface area contributed by atoms with E-state index in [0.717, 1.165) is 38.5 Å². The largest absolute Gasteiger partial charge is 0.456 e. The molecule has 2 unspecified atom stereocenters. The molecule has 4 aliphatic carbocycles. The maximum atomic E-state index is 12.1. The second kappa shape index (κ2) is 6.70. The summed E-state index contributed by atoms with van der Waals surface area (Å²) in [4.78, 5) is 12.1. The maximum Gasteiger partial charge on any atom is 0.333 e. The van der Waals surface area contributed by atoms with Crippen LogP contribution >= 0.6 is 0 Å². The molecule has 4 bridgehead atoms. The molecule has 0 aliphatic heterocycles. The summed E-state index contributed by atoms with van der Waals surface area (Å²) in [6.45, 7) is 13.1. The van der Waals surface area contributed by atoms with Gasteiger partial charge in [0.25, 0.3) is 0 Å². The van der Waals surface area contributed by atoms with Gasteiger partial charge in [-0.2, -0.15) is 0 Å². The zero-order valence-electron chi connectivity index (χ0n) is 16.4. The fraction of sp³-hybridized carbons (Fsp3) is 0.857. The lowest BCUT2D eigenvalue weighted by Crippen LogP contribution is -2.61. The number of hydrogen-bond donors (Lipinski definition) is 0. The maximum absolute atomic E-state index is 12.1. The van der Waals surface area contributed by atoms with Crippen molar-refractivity contribution >= 4 is 5.97 Å². The van der Waals surface area contributed by atoms with E-state index < -0.39 is 0 Å². The van der Waals surface area contributed by atoms with Gasteiger partial charge in [0.2, 0.25) is 0 Å². The summed E-state index contributed by atoms with van der Waals surface area (Å²) in [6, 6.07) is 0. The van der Waals surface area contributed by atoms with Crippen molar-refractivity contribution in [1.82, 2.24) is 0 Å². The standard InChI is InChI=1S/C21H34O4/c1-6-19(4,5)13-23-14-24-20-8-16-7-17(9-20)11-21(10-16,12-20)25-18(22)15(2)3/h16-17H,2,6-14H2,1,3-5H3. The summed E-state index contributed by atoms with van der Waals surface area (Å²) >= 11 is 0. The van der Waals surface area contributed by atoms with E-state index in [1.165, 1.54) is 6.42 Å². The number of ether oxygens (including phenoxy) is 3. The molecule has 4 rings (SSSR count). The Morgan fingerprint density at radius 1 is 1.16 bits per heavy atom. The number of carbonyl (C=O) groups is 1. The van der Waals surface area contributed by atoms with Gasteiger partial charge in [-0.15, -0.1) is 0 Å². The normalized spacial score (nSPS) is 36.5. The minimum absolute atomic E-state index is 0.171. The van der Waals surface area contributed by atoms with Crippen LogP contribution in [0.3, 0.4) is 0 Å². The molecular formula is C21H34O4. The highest BCUT2D eigenvalue weighted by atomic mass is 16.7. The van der Waals surface area contributed by atoms with Crippen LogP contribution in [0.4, 0.5) is 0 Å². The van der Waals surface area contributed by atoms with Crippen LogP contribution in [-0.4, -0.2) is 30.6 Å². The molecule has 0 N–H and O–H groups in total. The van der Waals surface area contributed by atoms with Gasteiger partial charge >= 0.3 is 5.97 Å². The molecule has 0 aromatic carbocycles. The van der Waals surface area contributed by atoms with Gasteiger partial charge in [-0.05, 0) is 62.7 Å². The van der Waals surface area contributed by atoms with Crippen molar-refractivity contribution in [3.63, 3.8) is 0 Å². The highest BCUT2D eigenvalue weighted by Gasteiger charge is 2.60. The van der Waals surface area contributed by atoms with Gasteiger partial charge in [-0.1, -0.05) is 27.4 Å². The van der Waals surface area contributed by atoms with Gasteiger partial charge in [0, 0.05) is 12.0 Å². The number of esters is 1. The summed E-state index contributed by atoms with van der Waals surface area (Å²) in [5.74, 6) is 0.954.